The van der Waals surface area contributed by atoms with Crippen LogP contribution in [0.25, 0.3) is 22.4 Å². The first-order valence-corrected chi connectivity index (χ1v) is 9.18. The minimum Gasteiger partial charge on any atom is -0.338 e. The van der Waals surface area contributed by atoms with Gasteiger partial charge < -0.3 is 10.3 Å². The second-order valence-electron chi connectivity index (χ2n) is 6.17. The lowest BCUT2D eigenvalue weighted by molar-refractivity contribution is -0.384. The van der Waals surface area contributed by atoms with E-state index in [1.54, 1.807) is 48.5 Å². The number of benzene rings is 3. The van der Waals surface area contributed by atoms with Crippen molar-refractivity contribution in [2.75, 3.05) is 5.32 Å². The number of nitro groups is 1. The summed E-state index contributed by atoms with van der Waals surface area (Å²) in [5.74, 6) is -0.0706. The number of halogens is 2. The number of hydrogen-bond donors (Lipinski definition) is 2. The zero-order chi connectivity index (χ0) is 20.5. The largest absolute Gasteiger partial charge is 0.338 e. The molecular formula is C20H12Cl2N4O3. The molecule has 0 aliphatic heterocycles. The molecule has 0 bridgehead atoms. The average molecular weight is 427 g/mol. The number of hydrogen-bond acceptors (Lipinski definition) is 4. The first kappa shape index (κ1) is 18.9. The number of nitrogens with zero attached hydrogens (tertiary/aromatic N) is 2. The maximum absolute atomic E-state index is 12.5. The second-order valence-corrected chi connectivity index (χ2v) is 7.02. The summed E-state index contributed by atoms with van der Waals surface area (Å²) in [5, 5.41) is 14.8. The zero-order valence-corrected chi connectivity index (χ0v) is 16.2. The van der Waals surface area contributed by atoms with Crippen LogP contribution in [0.15, 0.2) is 60.7 Å². The number of rotatable bonds is 4. The van der Waals surface area contributed by atoms with Gasteiger partial charge in [-0.2, -0.15) is 0 Å². The Hall–Kier alpha value is -3.42. The lowest BCUT2D eigenvalue weighted by Crippen LogP contribution is -2.11. The molecule has 29 heavy (non-hydrogen) atoms. The normalized spacial score (nSPS) is 10.8. The summed E-state index contributed by atoms with van der Waals surface area (Å²) in [6, 6.07) is 16.1. The Labute approximate surface area is 174 Å². The predicted molar refractivity (Wildman–Crippen MR) is 113 cm³/mol. The SMILES string of the molecule is O=C(Nc1cccc(Cl)c1)c1ccc2nc(-c3c(Cl)cccc3[N+](=O)[O-])[nH]c2c1. The topological polar surface area (TPSA) is 101 Å². The molecule has 4 aromatic rings. The van der Waals surface area contributed by atoms with E-state index in [0.717, 1.165) is 0 Å². The van der Waals surface area contributed by atoms with Crippen molar-refractivity contribution in [3.05, 3.63) is 86.4 Å². The Morgan fingerprint density at radius 2 is 1.86 bits per heavy atom. The third kappa shape index (κ3) is 3.78. The van der Waals surface area contributed by atoms with Gasteiger partial charge in [0.05, 0.1) is 21.0 Å². The van der Waals surface area contributed by atoms with E-state index in [-0.39, 0.29) is 28.0 Å². The minimum absolute atomic E-state index is 0.157. The molecule has 1 amide bonds. The van der Waals surface area contributed by atoms with Crippen molar-refractivity contribution in [1.82, 2.24) is 9.97 Å². The zero-order valence-electron chi connectivity index (χ0n) is 14.6. The molecule has 0 unspecified atom stereocenters. The molecule has 0 atom stereocenters. The molecule has 1 heterocycles. The molecule has 1 aromatic heterocycles. The van der Waals surface area contributed by atoms with Gasteiger partial charge in [0, 0.05) is 22.3 Å². The van der Waals surface area contributed by atoms with Crippen molar-refractivity contribution in [2.24, 2.45) is 0 Å². The maximum Gasteiger partial charge on any atom is 0.281 e. The van der Waals surface area contributed by atoms with Crippen LogP contribution in [0.3, 0.4) is 0 Å². The molecule has 0 aliphatic carbocycles. The third-order valence-corrected chi connectivity index (χ3v) is 4.80. The number of amides is 1. The molecule has 0 saturated carbocycles. The van der Waals surface area contributed by atoms with Crippen LogP contribution in [0.4, 0.5) is 11.4 Å². The minimum atomic E-state index is -0.516. The van der Waals surface area contributed by atoms with Crippen LogP contribution >= 0.6 is 23.2 Å². The van der Waals surface area contributed by atoms with E-state index in [4.69, 9.17) is 23.2 Å². The van der Waals surface area contributed by atoms with Crippen molar-refractivity contribution in [3.63, 3.8) is 0 Å². The molecule has 4 rings (SSSR count). The van der Waals surface area contributed by atoms with Crippen molar-refractivity contribution in [2.45, 2.75) is 0 Å². The summed E-state index contributed by atoms with van der Waals surface area (Å²) in [4.78, 5) is 30.8. The first-order chi connectivity index (χ1) is 13.9. The van der Waals surface area contributed by atoms with E-state index in [9.17, 15) is 14.9 Å². The number of carbonyl (C=O) groups excluding carboxylic acids is 1. The fourth-order valence-corrected chi connectivity index (χ4v) is 3.39. The summed E-state index contributed by atoms with van der Waals surface area (Å²) in [6.45, 7) is 0. The number of nitrogens with one attached hydrogen (secondary N) is 2. The fraction of sp³-hybridized carbons (Fsp3) is 0. The smallest absolute Gasteiger partial charge is 0.281 e. The quantitative estimate of drug-likeness (QED) is 0.322. The molecule has 9 heteroatoms. The number of anilines is 1. The molecule has 0 aliphatic rings. The predicted octanol–water partition coefficient (Wildman–Crippen LogP) is 5.70. The Balaban J connectivity index is 1.70. The van der Waals surface area contributed by atoms with E-state index in [2.05, 4.69) is 15.3 Å². The van der Waals surface area contributed by atoms with Crippen LogP contribution in [0.5, 0.6) is 0 Å². The van der Waals surface area contributed by atoms with Crippen LogP contribution < -0.4 is 5.32 Å². The van der Waals surface area contributed by atoms with E-state index >= 15 is 0 Å². The molecule has 7 nitrogen and oxygen atoms in total. The molecule has 0 radical (unpaired) electrons. The van der Waals surface area contributed by atoms with Crippen molar-refractivity contribution < 1.29 is 9.72 Å². The van der Waals surface area contributed by atoms with Gasteiger partial charge in [0.25, 0.3) is 11.6 Å². The lowest BCUT2D eigenvalue weighted by Gasteiger charge is -2.05. The monoisotopic (exact) mass is 426 g/mol. The van der Waals surface area contributed by atoms with Crippen LogP contribution in [-0.4, -0.2) is 20.8 Å². The molecular weight excluding hydrogens is 415 g/mol. The maximum atomic E-state index is 12.5. The number of fused-ring (bicyclic) bond motifs is 1. The molecule has 144 valence electrons. The highest BCUT2D eigenvalue weighted by atomic mass is 35.5. The van der Waals surface area contributed by atoms with Gasteiger partial charge >= 0.3 is 0 Å². The highest BCUT2D eigenvalue weighted by Gasteiger charge is 2.21. The van der Waals surface area contributed by atoms with Crippen LogP contribution in [-0.2, 0) is 0 Å². The van der Waals surface area contributed by atoms with Gasteiger partial charge in [-0.25, -0.2) is 4.98 Å². The van der Waals surface area contributed by atoms with Crippen molar-refractivity contribution in [3.8, 4) is 11.4 Å². The summed E-state index contributed by atoms with van der Waals surface area (Å²) in [5.41, 5.74) is 2.10. The van der Waals surface area contributed by atoms with Gasteiger partial charge in [-0.05, 0) is 42.5 Å². The van der Waals surface area contributed by atoms with Crippen LogP contribution in [0.2, 0.25) is 10.0 Å². The fourth-order valence-electron chi connectivity index (χ4n) is 2.94. The highest BCUT2D eigenvalue weighted by Crippen LogP contribution is 2.35. The number of nitro benzene ring substituents is 1. The first-order valence-electron chi connectivity index (χ1n) is 8.42. The summed E-state index contributed by atoms with van der Waals surface area (Å²) >= 11 is 12.1. The van der Waals surface area contributed by atoms with Gasteiger partial charge in [0.1, 0.15) is 11.4 Å². The van der Waals surface area contributed by atoms with E-state index in [1.165, 1.54) is 12.1 Å². The number of imidazole rings is 1. The molecule has 0 spiro atoms. The van der Waals surface area contributed by atoms with E-state index in [1.807, 2.05) is 0 Å². The Morgan fingerprint density at radius 3 is 2.62 bits per heavy atom. The lowest BCUT2D eigenvalue weighted by atomic mass is 10.1. The number of H-pyrrole nitrogens is 1. The van der Waals surface area contributed by atoms with Gasteiger partial charge in [-0.3, -0.25) is 14.9 Å². The third-order valence-electron chi connectivity index (χ3n) is 4.25. The van der Waals surface area contributed by atoms with Gasteiger partial charge in [0.15, 0.2) is 0 Å². The summed E-state index contributed by atoms with van der Waals surface area (Å²) in [7, 11) is 0. The van der Waals surface area contributed by atoms with Crippen molar-refractivity contribution >= 4 is 51.5 Å². The molecule has 3 aromatic carbocycles. The Morgan fingerprint density at radius 1 is 1.07 bits per heavy atom. The average Bonchev–Trinajstić information content (AvgIpc) is 3.10. The molecule has 0 fully saturated rings. The van der Waals surface area contributed by atoms with Crippen LogP contribution in [0.1, 0.15) is 10.4 Å². The van der Waals surface area contributed by atoms with Gasteiger partial charge in [0.2, 0.25) is 0 Å². The standard InChI is InChI=1S/C20H12Cl2N4O3/c21-12-3-1-4-13(10-12)23-20(27)11-7-8-15-16(9-11)25-19(24-15)18-14(22)5-2-6-17(18)26(28)29/h1-10H,(H,23,27)(H,24,25). The molecule has 0 saturated heterocycles. The summed E-state index contributed by atoms with van der Waals surface area (Å²) in [6.07, 6.45) is 0. The number of aromatic amines is 1. The summed E-state index contributed by atoms with van der Waals surface area (Å²) < 4.78 is 0. The van der Waals surface area contributed by atoms with E-state index < -0.39 is 4.92 Å². The van der Waals surface area contributed by atoms with Gasteiger partial charge in [-0.15, -0.1) is 0 Å². The van der Waals surface area contributed by atoms with Crippen molar-refractivity contribution in [1.29, 1.82) is 0 Å². The number of aromatic nitrogens is 2. The Kier molecular flexibility index (Phi) is 4.92. The van der Waals surface area contributed by atoms with Gasteiger partial charge in [-0.1, -0.05) is 35.3 Å². The Bertz CT molecular complexity index is 1270. The number of carbonyl (C=O) groups is 1. The molecule has 2 N–H and O–H groups in total. The second kappa shape index (κ2) is 7.54. The van der Waals surface area contributed by atoms with Crippen LogP contribution in [0, 0.1) is 10.1 Å². The van der Waals surface area contributed by atoms with E-state index in [0.29, 0.717) is 27.3 Å². The highest BCUT2D eigenvalue weighted by molar-refractivity contribution is 6.33.